The Morgan fingerprint density at radius 1 is 1.36 bits per heavy atom. The highest BCUT2D eigenvalue weighted by Gasteiger charge is 2.39. The number of ether oxygens (including phenoxy) is 1. The zero-order chi connectivity index (χ0) is 10.9. The number of aliphatic hydroxyl groups is 2. The highest BCUT2D eigenvalue weighted by Crippen LogP contribution is 2.21. The second-order valence-corrected chi connectivity index (χ2v) is 3.99. The first kappa shape index (κ1) is 11.8. The molecule has 0 aromatic carbocycles. The first-order chi connectivity index (χ1) is 6.31. The largest absolute Gasteiger partial charge is 0.397 e. The van der Waals surface area contributed by atoms with Crippen LogP contribution in [0.3, 0.4) is 0 Å². The van der Waals surface area contributed by atoms with Crippen molar-refractivity contribution in [2.24, 2.45) is 0 Å². The molecule has 1 aliphatic heterocycles. The molecule has 14 heavy (non-hydrogen) atoms. The van der Waals surface area contributed by atoms with E-state index in [-0.39, 0.29) is 0 Å². The van der Waals surface area contributed by atoms with Gasteiger partial charge in [0.1, 0.15) is 24.9 Å². The maximum Gasteiger partial charge on any atom is 0.397 e. The SMILES string of the molecule is C[C@H]1O[CH][C@H](OS(=O)(=O)O)[C@@H](O)[C@H]1O. The van der Waals surface area contributed by atoms with E-state index < -0.39 is 34.8 Å². The average molecular weight is 227 g/mol. The molecule has 0 aromatic heterocycles. The van der Waals surface area contributed by atoms with Crippen LogP contribution >= 0.6 is 0 Å². The fraction of sp³-hybridized carbons (Fsp3) is 0.833. The van der Waals surface area contributed by atoms with Crippen molar-refractivity contribution < 1.29 is 32.1 Å². The molecule has 0 bridgehead atoms. The van der Waals surface area contributed by atoms with Crippen LogP contribution in [-0.4, -0.2) is 47.6 Å². The van der Waals surface area contributed by atoms with Crippen LogP contribution in [0.1, 0.15) is 6.92 Å². The Balaban J connectivity index is 2.64. The summed E-state index contributed by atoms with van der Waals surface area (Å²) < 4.78 is 37.7. The summed E-state index contributed by atoms with van der Waals surface area (Å²) in [5, 5.41) is 18.6. The molecule has 1 fully saturated rings. The molecule has 7 nitrogen and oxygen atoms in total. The summed E-state index contributed by atoms with van der Waals surface area (Å²) in [6, 6.07) is 0. The van der Waals surface area contributed by atoms with Crippen LogP contribution < -0.4 is 0 Å². The van der Waals surface area contributed by atoms with Gasteiger partial charge in [-0.05, 0) is 6.92 Å². The molecule has 0 spiro atoms. The van der Waals surface area contributed by atoms with E-state index in [2.05, 4.69) is 4.18 Å². The van der Waals surface area contributed by atoms with Gasteiger partial charge in [-0.25, -0.2) is 4.18 Å². The van der Waals surface area contributed by atoms with Gasteiger partial charge in [0.2, 0.25) is 0 Å². The number of hydrogen-bond donors (Lipinski definition) is 3. The lowest BCUT2D eigenvalue weighted by Gasteiger charge is -2.34. The second-order valence-electron chi connectivity index (χ2n) is 2.95. The van der Waals surface area contributed by atoms with Crippen LogP contribution in [0.25, 0.3) is 0 Å². The van der Waals surface area contributed by atoms with Gasteiger partial charge in [0, 0.05) is 0 Å². The van der Waals surface area contributed by atoms with Gasteiger partial charge in [-0.1, -0.05) is 0 Å². The third kappa shape index (κ3) is 2.87. The number of hydrogen-bond acceptors (Lipinski definition) is 6. The third-order valence-electron chi connectivity index (χ3n) is 1.83. The van der Waals surface area contributed by atoms with Crippen LogP contribution in [0.15, 0.2) is 0 Å². The molecule has 1 radical (unpaired) electrons. The molecule has 1 saturated heterocycles. The molecule has 0 amide bonds. The topological polar surface area (TPSA) is 113 Å². The zero-order valence-corrected chi connectivity index (χ0v) is 8.09. The molecular formula is C6H11O7S. The van der Waals surface area contributed by atoms with Crippen LogP contribution in [0.2, 0.25) is 0 Å². The molecule has 0 unspecified atom stereocenters. The Morgan fingerprint density at radius 2 is 1.93 bits per heavy atom. The quantitative estimate of drug-likeness (QED) is 0.491. The van der Waals surface area contributed by atoms with Crippen molar-refractivity contribution in [1.82, 2.24) is 0 Å². The van der Waals surface area contributed by atoms with E-state index in [9.17, 15) is 18.6 Å². The Hall–Kier alpha value is -0.250. The molecule has 1 heterocycles. The molecule has 0 aliphatic carbocycles. The van der Waals surface area contributed by atoms with Crippen molar-refractivity contribution in [1.29, 1.82) is 0 Å². The zero-order valence-electron chi connectivity index (χ0n) is 7.27. The van der Waals surface area contributed by atoms with Crippen molar-refractivity contribution in [2.45, 2.75) is 31.3 Å². The lowest BCUT2D eigenvalue weighted by molar-refractivity contribution is -0.148. The maximum atomic E-state index is 10.3. The molecule has 1 rings (SSSR count). The Bertz CT molecular complexity index is 287. The van der Waals surface area contributed by atoms with E-state index in [1.165, 1.54) is 6.92 Å². The predicted molar refractivity (Wildman–Crippen MR) is 43.3 cm³/mol. The Morgan fingerprint density at radius 3 is 2.43 bits per heavy atom. The minimum atomic E-state index is -4.68. The predicted octanol–water partition coefficient (Wildman–Crippen LogP) is -1.52. The Kier molecular flexibility index (Phi) is 3.45. The lowest BCUT2D eigenvalue weighted by Crippen LogP contribution is -2.51. The lowest BCUT2D eigenvalue weighted by atomic mass is 10.0. The summed E-state index contributed by atoms with van der Waals surface area (Å²) in [7, 11) is -4.68. The third-order valence-corrected chi connectivity index (χ3v) is 2.29. The average Bonchev–Trinajstić information content (AvgIpc) is 2.04. The van der Waals surface area contributed by atoms with Crippen LogP contribution in [0, 0.1) is 6.61 Å². The summed E-state index contributed by atoms with van der Waals surface area (Å²) in [5.41, 5.74) is 0. The standard InChI is InChI=1S/C6H11O7S/c1-3-5(7)6(8)4(2-12-3)13-14(9,10)11/h2-8H,1H3,(H,9,10,11)/t3-,4+,5+,6-/m1/s1. The summed E-state index contributed by atoms with van der Waals surface area (Å²) in [5.74, 6) is 0. The monoisotopic (exact) mass is 227 g/mol. The van der Waals surface area contributed by atoms with E-state index >= 15 is 0 Å². The molecule has 3 N–H and O–H groups in total. The molecule has 4 atom stereocenters. The van der Waals surface area contributed by atoms with Crippen molar-refractivity contribution in [2.75, 3.05) is 0 Å². The Labute approximate surface area is 81.2 Å². The normalized spacial score (nSPS) is 39.7. The van der Waals surface area contributed by atoms with Gasteiger partial charge >= 0.3 is 10.4 Å². The van der Waals surface area contributed by atoms with E-state index in [4.69, 9.17) is 9.29 Å². The van der Waals surface area contributed by atoms with E-state index in [0.717, 1.165) is 6.61 Å². The first-order valence-electron chi connectivity index (χ1n) is 3.82. The van der Waals surface area contributed by atoms with Gasteiger partial charge in [0.05, 0.1) is 6.10 Å². The van der Waals surface area contributed by atoms with Crippen molar-refractivity contribution >= 4 is 10.4 Å². The highest BCUT2D eigenvalue weighted by molar-refractivity contribution is 7.80. The fourth-order valence-electron chi connectivity index (χ4n) is 1.05. The number of aliphatic hydroxyl groups excluding tert-OH is 2. The van der Waals surface area contributed by atoms with E-state index in [0.29, 0.717) is 0 Å². The minimum Gasteiger partial charge on any atom is -0.388 e. The van der Waals surface area contributed by atoms with Crippen LogP contribution in [0.5, 0.6) is 0 Å². The first-order valence-corrected chi connectivity index (χ1v) is 5.18. The summed E-state index contributed by atoms with van der Waals surface area (Å²) in [6.07, 6.45) is -4.80. The van der Waals surface area contributed by atoms with Crippen LogP contribution in [0.4, 0.5) is 0 Å². The van der Waals surface area contributed by atoms with Gasteiger partial charge in [0.15, 0.2) is 0 Å². The maximum absolute atomic E-state index is 10.3. The summed E-state index contributed by atoms with van der Waals surface area (Å²) in [6.45, 7) is 2.41. The smallest absolute Gasteiger partial charge is 0.388 e. The van der Waals surface area contributed by atoms with Gasteiger partial charge in [-0.2, -0.15) is 8.42 Å². The van der Waals surface area contributed by atoms with Crippen molar-refractivity contribution in [3.8, 4) is 0 Å². The molecule has 8 heteroatoms. The number of rotatable bonds is 2. The van der Waals surface area contributed by atoms with Crippen LogP contribution in [-0.2, 0) is 19.3 Å². The van der Waals surface area contributed by atoms with E-state index in [1.54, 1.807) is 0 Å². The molecule has 83 valence electrons. The summed E-state index contributed by atoms with van der Waals surface area (Å²) in [4.78, 5) is 0. The molecule has 0 aromatic rings. The van der Waals surface area contributed by atoms with Gasteiger partial charge < -0.3 is 14.9 Å². The van der Waals surface area contributed by atoms with Crippen molar-refractivity contribution in [3.63, 3.8) is 0 Å². The second kappa shape index (κ2) is 4.09. The van der Waals surface area contributed by atoms with Crippen molar-refractivity contribution in [3.05, 3.63) is 6.61 Å². The molecule has 0 saturated carbocycles. The van der Waals surface area contributed by atoms with Gasteiger partial charge in [0.25, 0.3) is 0 Å². The van der Waals surface area contributed by atoms with Gasteiger partial charge in [-0.3, -0.25) is 4.55 Å². The molecular weight excluding hydrogens is 216 g/mol. The fourth-order valence-corrected chi connectivity index (χ4v) is 1.49. The highest BCUT2D eigenvalue weighted by atomic mass is 32.3. The van der Waals surface area contributed by atoms with Gasteiger partial charge in [-0.15, -0.1) is 0 Å². The summed E-state index contributed by atoms with van der Waals surface area (Å²) >= 11 is 0. The molecule has 1 aliphatic rings. The van der Waals surface area contributed by atoms with E-state index in [1.807, 2.05) is 0 Å². The minimum absolute atomic E-state index is 0.661.